The summed E-state index contributed by atoms with van der Waals surface area (Å²) in [5.74, 6) is -0.969. The predicted octanol–water partition coefficient (Wildman–Crippen LogP) is -1.09. The normalized spacial score (nSPS) is 10.4. The van der Waals surface area contributed by atoms with Crippen molar-refractivity contribution < 1.29 is 14.6 Å². The molecule has 0 spiro atoms. The lowest BCUT2D eigenvalue weighted by Crippen LogP contribution is -2.26. The summed E-state index contributed by atoms with van der Waals surface area (Å²) in [5.41, 5.74) is 4.57. The predicted molar refractivity (Wildman–Crippen MR) is 36.1 cm³/mol. The van der Waals surface area contributed by atoms with Crippen LogP contribution in [0, 0.1) is 20.2 Å². The van der Waals surface area contributed by atoms with Gasteiger partial charge in [-0.25, -0.2) is 0 Å². The number of carbonyl (C=O) groups excluding carboxylic acids is 1. The summed E-state index contributed by atoms with van der Waals surface area (Å²) in [4.78, 5) is 27.6. The Bertz CT molecular complexity index is 233. The van der Waals surface area contributed by atoms with Gasteiger partial charge < -0.3 is 5.73 Å². The maximum absolute atomic E-state index is 10.0. The van der Waals surface area contributed by atoms with Gasteiger partial charge >= 0.3 is 6.17 Å². The molecule has 2 N–H and O–H groups in total. The number of rotatable bonds is 4. The first-order valence-corrected chi connectivity index (χ1v) is 2.69. The number of amides is 1. The summed E-state index contributed by atoms with van der Waals surface area (Å²) < 4.78 is 0. The first kappa shape index (κ1) is 10.0. The van der Waals surface area contributed by atoms with Gasteiger partial charge in [-0.1, -0.05) is 0 Å². The number of nitrogens with two attached hydrogens (primary N) is 1. The standard InChI is InChI=1S/C4H5N3O5/c5-3(8)1-2-4(6(9)10)7(11)12/h1-2,4H,(H2,5,8). The van der Waals surface area contributed by atoms with Crippen LogP contribution in [-0.4, -0.2) is 21.9 Å². The summed E-state index contributed by atoms with van der Waals surface area (Å²) in [6.07, 6.45) is -1.02. The van der Waals surface area contributed by atoms with Crippen LogP contribution < -0.4 is 5.73 Å². The molecular weight excluding hydrogens is 170 g/mol. The summed E-state index contributed by atoms with van der Waals surface area (Å²) >= 11 is 0. The number of carbonyl (C=O) groups is 1. The second kappa shape index (κ2) is 4.01. The molecule has 0 aromatic carbocycles. The third-order valence-electron chi connectivity index (χ3n) is 0.865. The van der Waals surface area contributed by atoms with Crippen LogP contribution >= 0.6 is 0 Å². The molecular formula is C4H5N3O5. The van der Waals surface area contributed by atoms with Crippen LogP contribution in [-0.2, 0) is 4.79 Å². The first-order chi connectivity index (χ1) is 5.45. The zero-order chi connectivity index (χ0) is 9.72. The second-order valence-electron chi connectivity index (χ2n) is 1.75. The minimum absolute atomic E-state index is 0.516. The van der Waals surface area contributed by atoms with Crippen molar-refractivity contribution in [3.63, 3.8) is 0 Å². The Labute approximate surface area is 66.0 Å². The average Bonchev–Trinajstić information content (AvgIpc) is 1.84. The number of primary amides is 1. The van der Waals surface area contributed by atoms with Crippen molar-refractivity contribution in [1.82, 2.24) is 0 Å². The fourth-order valence-corrected chi connectivity index (χ4v) is 0.398. The summed E-state index contributed by atoms with van der Waals surface area (Å²) in [6, 6.07) is 0. The molecule has 0 fully saturated rings. The fourth-order valence-electron chi connectivity index (χ4n) is 0.398. The minimum atomic E-state index is -2.11. The molecule has 0 saturated carbocycles. The maximum atomic E-state index is 10.0. The molecule has 8 heteroatoms. The Morgan fingerprint density at radius 3 is 2.00 bits per heavy atom. The van der Waals surface area contributed by atoms with Crippen LogP contribution in [0.3, 0.4) is 0 Å². The minimum Gasteiger partial charge on any atom is -0.366 e. The number of nitro groups is 2. The van der Waals surface area contributed by atoms with Crippen molar-refractivity contribution in [2.24, 2.45) is 5.73 Å². The lowest BCUT2D eigenvalue weighted by molar-refractivity contribution is -0.727. The molecule has 0 radical (unpaired) electrons. The Balaban J connectivity index is 4.44. The van der Waals surface area contributed by atoms with E-state index in [2.05, 4.69) is 5.73 Å². The van der Waals surface area contributed by atoms with Crippen molar-refractivity contribution in [2.75, 3.05) is 0 Å². The Kier molecular flexibility index (Phi) is 3.34. The zero-order valence-corrected chi connectivity index (χ0v) is 5.75. The molecule has 8 nitrogen and oxygen atoms in total. The van der Waals surface area contributed by atoms with Crippen molar-refractivity contribution >= 4 is 5.91 Å². The lowest BCUT2D eigenvalue weighted by atomic mass is 10.4. The summed E-state index contributed by atoms with van der Waals surface area (Å²) in [7, 11) is 0. The lowest BCUT2D eigenvalue weighted by Gasteiger charge is -1.93. The molecule has 0 aliphatic carbocycles. The SMILES string of the molecule is NC(=O)C=CC([N+](=O)[O-])[N+](=O)[O-]. The Morgan fingerprint density at radius 1 is 1.33 bits per heavy atom. The fraction of sp³-hybridized carbons (Fsp3) is 0.250. The van der Waals surface area contributed by atoms with Crippen LogP contribution in [0.15, 0.2) is 12.2 Å². The quantitative estimate of drug-likeness (QED) is 0.251. The van der Waals surface area contributed by atoms with E-state index in [4.69, 9.17) is 0 Å². The van der Waals surface area contributed by atoms with Gasteiger partial charge in [-0.05, 0) is 0 Å². The smallest absolute Gasteiger partial charge is 0.366 e. The van der Waals surface area contributed by atoms with Crippen LogP contribution in [0.25, 0.3) is 0 Å². The van der Waals surface area contributed by atoms with E-state index in [0.717, 1.165) is 0 Å². The summed E-state index contributed by atoms with van der Waals surface area (Å²) in [5, 5.41) is 19.8. The van der Waals surface area contributed by atoms with E-state index >= 15 is 0 Å². The highest BCUT2D eigenvalue weighted by molar-refractivity contribution is 5.85. The van der Waals surface area contributed by atoms with Gasteiger partial charge in [-0.2, -0.15) is 0 Å². The highest BCUT2D eigenvalue weighted by Gasteiger charge is 2.27. The molecule has 0 atom stereocenters. The van der Waals surface area contributed by atoms with E-state index in [0.29, 0.717) is 12.2 Å². The number of nitrogens with zero attached hydrogens (tertiary/aromatic N) is 2. The Hall–Kier alpha value is -1.99. The molecule has 0 aromatic rings. The van der Waals surface area contributed by atoms with Gasteiger partial charge in [0.1, 0.15) is 9.85 Å². The van der Waals surface area contributed by atoms with Crippen LogP contribution in [0.2, 0.25) is 0 Å². The van der Waals surface area contributed by atoms with Gasteiger partial charge in [-0.15, -0.1) is 0 Å². The molecule has 1 amide bonds. The van der Waals surface area contributed by atoms with Crippen LogP contribution in [0.4, 0.5) is 0 Å². The van der Waals surface area contributed by atoms with E-state index in [-0.39, 0.29) is 0 Å². The molecule has 0 heterocycles. The van der Waals surface area contributed by atoms with Gasteiger partial charge in [0.25, 0.3) is 0 Å². The Morgan fingerprint density at radius 2 is 1.75 bits per heavy atom. The molecule has 0 saturated heterocycles. The molecule has 66 valence electrons. The third kappa shape index (κ3) is 3.25. The largest absolute Gasteiger partial charge is 0.470 e. The van der Waals surface area contributed by atoms with Gasteiger partial charge in [0.05, 0.1) is 6.08 Å². The monoisotopic (exact) mass is 175 g/mol. The van der Waals surface area contributed by atoms with Gasteiger partial charge in [-0.3, -0.25) is 25.0 Å². The molecule has 0 aliphatic heterocycles. The first-order valence-electron chi connectivity index (χ1n) is 2.69. The van der Waals surface area contributed by atoms with E-state index < -0.39 is 21.9 Å². The molecule has 0 aliphatic rings. The van der Waals surface area contributed by atoms with E-state index in [1.54, 1.807) is 0 Å². The van der Waals surface area contributed by atoms with Crippen molar-refractivity contribution in [3.05, 3.63) is 32.4 Å². The molecule has 0 rings (SSSR count). The second-order valence-corrected chi connectivity index (χ2v) is 1.75. The molecule has 0 bridgehead atoms. The van der Waals surface area contributed by atoms with E-state index in [9.17, 15) is 25.0 Å². The summed E-state index contributed by atoms with van der Waals surface area (Å²) in [6.45, 7) is 0. The van der Waals surface area contributed by atoms with E-state index in [1.165, 1.54) is 0 Å². The molecule has 0 aromatic heterocycles. The topological polar surface area (TPSA) is 129 Å². The van der Waals surface area contributed by atoms with E-state index in [1.807, 2.05) is 0 Å². The van der Waals surface area contributed by atoms with Crippen LogP contribution in [0.1, 0.15) is 0 Å². The van der Waals surface area contributed by atoms with Gasteiger partial charge in [0.2, 0.25) is 5.91 Å². The number of hydrogen-bond acceptors (Lipinski definition) is 5. The van der Waals surface area contributed by atoms with Crippen molar-refractivity contribution in [3.8, 4) is 0 Å². The zero-order valence-electron chi connectivity index (χ0n) is 5.75. The van der Waals surface area contributed by atoms with Crippen LogP contribution in [0.5, 0.6) is 0 Å². The third-order valence-corrected chi connectivity index (χ3v) is 0.865. The van der Waals surface area contributed by atoms with Crippen molar-refractivity contribution in [1.29, 1.82) is 0 Å². The maximum Gasteiger partial charge on any atom is 0.470 e. The van der Waals surface area contributed by atoms with Crippen molar-refractivity contribution in [2.45, 2.75) is 6.17 Å². The highest BCUT2D eigenvalue weighted by Crippen LogP contribution is 1.92. The van der Waals surface area contributed by atoms with Gasteiger partial charge in [0, 0.05) is 6.08 Å². The molecule has 0 unspecified atom stereocenters. The highest BCUT2D eigenvalue weighted by atomic mass is 16.7. The van der Waals surface area contributed by atoms with Gasteiger partial charge in [0.15, 0.2) is 0 Å². The average molecular weight is 175 g/mol. The molecule has 12 heavy (non-hydrogen) atoms. The number of hydrogen-bond donors (Lipinski definition) is 1.